The Kier molecular flexibility index (Phi) is 8.14. The molecule has 1 aliphatic heterocycles. The first-order valence-electron chi connectivity index (χ1n) is 9.51. The van der Waals surface area contributed by atoms with E-state index in [0.717, 1.165) is 12.8 Å². The van der Waals surface area contributed by atoms with E-state index in [2.05, 4.69) is 5.32 Å². The van der Waals surface area contributed by atoms with Crippen LogP contribution in [0.5, 0.6) is 0 Å². The van der Waals surface area contributed by atoms with E-state index in [-0.39, 0.29) is 30.6 Å². The molecule has 0 bridgehead atoms. The second kappa shape index (κ2) is 9.44. The normalized spacial score (nSPS) is 17.1. The van der Waals surface area contributed by atoms with E-state index in [1.807, 2.05) is 20.8 Å². The highest BCUT2D eigenvalue weighted by Gasteiger charge is 2.39. The van der Waals surface area contributed by atoms with Gasteiger partial charge in [-0.15, -0.1) is 0 Å². The van der Waals surface area contributed by atoms with E-state index in [0.29, 0.717) is 19.1 Å². The van der Waals surface area contributed by atoms with Crippen LogP contribution in [0.3, 0.4) is 0 Å². The van der Waals surface area contributed by atoms with Crippen molar-refractivity contribution in [1.82, 2.24) is 5.32 Å². The van der Waals surface area contributed by atoms with Gasteiger partial charge in [-0.2, -0.15) is 0 Å². The topological polar surface area (TPSA) is 106 Å². The lowest BCUT2D eigenvalue weighted by Crippen LogP contribution is -2.47. The highest BCUT2D eigenvalue weighted by molar-refractivity contribution is 6.08. The molecule has 0 saturated carbocycles. The van der Waals surface area contributed by atoms with Crippen LogP contribution >= 0.6 is 0 Å². The van der Waals surface area contributed by atoms with Crippen LogP contribution in [0, 0.1) is 28.1 Å². The van der Waals surface area contributed by atoms with Crippen molar-refractivity contribution < 1.29 is 23.9 Å². The Morgan fingerprint density at radius 3 is 2.26 bits per heavy atom. The maximum absolute atomic E-state index is 12.7. The number of hydrogen-bond donors (Lipinski definition) is 2. The van der Waals surface area contributed by atoms with E-state index in [1.165, 1.54) is 6.92 Å². The fourth-order valence-corrected chi connectivity index (χ4v) is 3.11. The van der Waals surface area contributed by atoms with Crippen LogP contribution in [0.15, 0.2) is 0 Å². The maximum Gasteiger partial charge on any atom is 0.302 e. The number of carbonyl (C=O) groups excluding carboxylic acids is 3. The molecule has 0 aromatic carbocycles. The molecule has 1 heterocycles. The molecule has 154 valence electrons. The summed E-state index contributed by atoms with van der Waals surface area (Å²) in [5.41, 5.74) is -1.35. The highest BCUT2D eigenvalue weighted by Crippen LogP contribution is 2.37. The third-order valence-corrected chi connectivity index (χ3v) is 5.74. The van der Waals surface area contributed by atoms with Crippen molar-refractivity contribution in [1.29, 1.82) is 5.41 Å². The third-order valence-electron chi connectivity index (χ3n) is 5.74. The summed E-state index contributed by atoms with van der Waals surface area (Å²) >= 11 is 0. The summed E-state index contributed by atoms with van der Waals surface area (Å²) in [4.78, 5) is 36.0. The zero-order chi connectivity index (χ0) is 20.8. The van der Waals surface area contributed by atoms with Crippen molar-refractivity contribution in [3.8, 4) is 0 Å². The van der Waals surface area contributed by atoms with Gasteiger partial charge in [0.1, 0.15) is 6.61 Å². The van der Waals surface area contributed by atoms with Gasteiger partial charge in [0.2, 0.25) is 11.8 Å². The molecule has 1 aliphatic rings. The van der Waals surface area contributed by atoms with Crippen LogP contribution in [0.25, 0.3) is 0 Å². The molecule has 2 amide bonds. The first kappa shape index (κ1) is 23.3. The van der Waals surface area contributed by atoms with Gasteiger partial charge in [0.05, 0.1) is 6.42 Å². The molecular formula is C20H34N2O5. The van der Waals surface area contributed by atoms with E-state index >= 15 is 0 Å². The lowest BCUT2D eigenvalue weighted by atomic mass is 9.70. The predicted molar refractivity (Wildman–Crippen MR) is 102 cm³/mol. The van der Waals surface area contributed by atoms with Gasteiger partial charge in [-0.25, -0.2) is 0 Å². The van der Waals surface area contributed by atoms with Gasteiger partial charge < -0.3 is 14.9 Å². The van der Waals surface area contributed by atoms with E-state index in [4.69, 9.17) is 14.9 Å². The predicted octanol–water partition coefficient (Wildman–Crippen LogP) is 2.72. The number of amides is 2. The monoisotopic (exact) mass is 382 g/mol. The molecular weight excluding hydrogens is 348 g/mol. The first-order chi connectivity index (χ1) is 12.4. The molecule has 0 radical (unpaired) electrons. The second-order valence-corrected chi connectivity index (χ2v) is 8.66. The number of rotatable bonds is 8. The number of ether oxygens (including phenoxy) is 2. The van der Waals surface area contributed by atoms with E-state index in [9.17, 15) is 14.4 Å². The molecule has 1 fully saturated rings. The minimum atomic E-state index is -0.767. The molecule has 1 saturated heterocycles. The average molecular weight is 383 g/mol. The van der Waals surface area contributed by atoms with Gasteiger partial charge >= 0.3 is 5.97 Å². The summed E-state index contributed by atoms with van der Waals surface area (Å²) in [6, 6.07) is 0. The molecule has 0 aromatic rings. The molecule has 7 nitrogen and oxygen atoms in total. The van der Waals surface area contributed by atoms with Crippen molar-refractivity contribution in [3.63, 3.8) is 0 Å². The van der Waals surface area contributed by atoms with Crippen LogP contribution in [0.4, 0.5) is 0 Å². The summed E-state index contributed by atoms with van der Waals surface area (Å²) in [6.45, 7) is 11.9. The Labute approximate surface area is 162 Å². The fourth-order valence-electron chi connectivity index (χ4n) is 3.11. The molecule has 27 heavy (non-hydrogen) atoms. The summed E-state index contributed by atoms with van der Waals surface area (Å²) in [6.07, 6.45) is 1.63. The van der Waals surface area contributed by atoms with Gasteiger partial charge in [0.25, 0.3) is 0 Å². The standard InChI is InChI=1S/C20H34N2O5/c1-13(15-7-9-26-10-8-15)20(5,6)18(25)22-17(24)11-16(21)19(3,4)12-27-14(2)23/h13,15,21H,7-12H2,1-6H3,(H,22,24,25). The van der Waals surface area contributed by atoms with Crippen LogP contribution in [-0.4, -0.2) is 43.3 Å². The summed E-state index contributed by atoms with van der Waals surface area (Å²) in [7, 11) is 0. The van der Waals surface area contributed by atoms with Crippen molar-refractivity contribution in [3.05, 3.63) is 0 Å². The molecule has 1 unspecified atom stereocenters. The zero-order valence-corrected chi connectivity index (χ0v) is 17.4. The SMILES string of the molecule is CC(=O)OCC(C)(C)C(=N)CC(=O)NC(=O)C(C)(C)C(C)C1CCOCC1. The molecule has 1 rings (SSSR count). The Hall–Kier alpha value is -1.76. The number of carbonyl (C=O) groups is 3. The Morgan fingerprint density at radius 2 is 1.74 bits per heavy atom. The quantitative estimate of drug-likeness (QED) is 0.496. The number of hydrogen-bond acceptors (Lipinski definition) is 6. The number of esters is 1. The van der Waals surface area contributed by atoms with Crippen molar-refractivity contribution in [2.75, 3.05) is 19.8 Å². The van der Waals surface area contributed by atoms with Crippen molar-refractivity contribution in [2.24, 2.45) is 22.7 Å². The molecule has 0 spiro atoms. The second-order valence-electron chi connectivity index (χ2n) is 8.66. The lowest BCUT2D eigenvalue weighted by Gasteiger charge is -2.37. The molecule has 0 aliphatic carbocycles. The van der Waals surface area contributed by atoms with Gasteiger partial charge in [0.15, 0.2) is 0 Å². The van der Waals surface area contributed by atoms with Crippen LogP contribution < -0.4 is 5.32 Å². The van der Waals surface area contributed by atoms with Crippen LogP contribution in [0.2, 0.25) is 0 Å². The van der Waals surface area contributed by atoms with E-state index in [1.54, 1.807) is 13.8 Å². The maximum atomic E-state index is 12.7. The average Bonchev–Trinajstić information content (AvgIpc) is 2.59. The summed E-state index contributed by atoms with van der Waals surface area (Å²) in [5.74, 6) is -0.769. The first-order valence-corrected chi connectivity index (χ1v) is 9.51. The summed E-state index contributed by atoms with van der Waals surface area (Å²) in [5, 5.41) is 10.6. The molecule has 0 aromatic heterocycles. The van der Waals surface area contributed by atoms with Crippen molar-refractivity contribution >= 4 is 23.5 Å². The zero-order valence-electron chi connectivity index (χ0n) is 17.4. The fraction of sp³-hybridized carbons (Fsp3) is 0.800. The lowest BCUT2D eigenvalue weighted by molar-refractivity contribution is -0.142. The van der Waals surface area contributed by atoms with Crippen LogP contribution in [-0.2, 0) is 23.9 Å². The Balaban J connectivity index is 2.62. The molecule has 7 heteroatoms. The highest BCUT2D eigenvalue weighted by atomic mass is 16.5. The largest absolute Gasteiger partial charge is 0.465 e. The number of imide groups is 1. The van der Waals surface area contributed by atoms with Crippen LogP contribution in [0.1, 0.15) is 60.8 Å². The van der Waals surface area contributed by atoms with Gasteiger partial charge in [-0.1, -0.05) is 34.6 Å². The Morgan fingerprint density at radius 1 is 1.19 bits per heavy atom. The molecule has 1 atom stereocenters. The third kappa shape index (κ3) is 6.72. The minimum Gasteiger partial charge on any atom is -0.465 e. The smallest absolute Gasteiger partial charge is 0.302 e. The Bertz CT molecular complexity index is 577. The molecule has 2 N–H and O–H groups in total. The summed E-state index contributed by atoms with van der Waals surface area (Å²) < 4.78 is 10.3. The van der Waals surface area contributed by atoms with Crippen molar-refractivity contribution in [2.45, 2.75) is 60.8 Å². The van der Waals surface area contributed by atoms with Gasteiger partial charge in [0, 0.05) is 36.7 Å². The van der Waals surface area contributed by atoms with Gasteiger partial charge in [-0.05, 0) is 24.7 Å². The minimum absolute atomic E-state index is 0.0225. The van der Waals surface area contributed by atoms with Gasteiger partial charge in [-0.3, -0.25) is 19.7 Å². The number of nitrogens with one attached hydrogen (secondary N) is 2. The van der Waals surface area contributed by atoms with E-state index < -0.39 is 22.7 Å².